The Morgan fingerprint density at radius 3 is 2.79 bits per heavy atom. The largest absolute Gasteiger partial charge is 0.320 e. The lowest BCUT2D eigenvalue weighted by molar-refractivity contribution is 0.636. The van der Waals surface area contributed by atoms with Crippen LogP contribution in [0.2, 0.25) is 0 Å². The molecule has 1 rings (SSSR count). The molecule has 1 atom stereocenters. The summed E-state index contributed by atoms with van der Waals surface area (Å²) in [4.78, 5) is 0. The molecule has 78 valence electrons. The standard InChI is InChI=1S/C13H21N/c1-4-12-6-5-7-13(10-12)11(2)8-9-14-3/h5-7,10-11,14H,4,8-9H2,1-3H3. The lowest BCUT2D eigenvalue weighted by Gasteiger charge is -2.12. The zero-order valence-electron chi connectivity index (χ0n) is 9.51. The topological polar surface area (TPSA) is 12.0 Å². The summed E-state index contributed by atoms with van der Waals surface area (Å²) in [6, 6.07) is 8.94. The third kappa shape index (κ3) is 3.15. The smallest absolute Gasteiger partial charge is 0.00462 e. The Hall–Kier alpha value is -0.820. The van der Waals surface area contributed by atoms with Crippen LogP contribution >= 0.6 is 0 Å². The Kier molecular flexibility index (Phi) is 4.68. The van der Waals surface area contributed by atoms with Gasteiger partial charge in [0.25, 0.3) is 0 Å². The van der Waals surface area contributed by atoms with Crippen LogP contribution in [0.25, 0.3) is 0 Å². The SMILES string of the molecule is CCc1cccc(C(C)CCNC)c1. The van der Waals surface area contributed by atoms with Crippen molar-refractivity contribution in [2.75, 3.05) is 13.6 Å². The molecule has 1 aromatic carbocycles. The first-order valence-corrected chi connectivity index (χ1v) is 5.51. The van der Waals surface area contributed by atoms with E-state index in [1.165, 1.54) is 17.5 Å². The van der Waals surface area contributed by atoms with Gasteiger partial charge in [0.05, 0.1) is 0 Å². The Balaban J connectivity index is 2.64. The van der Waals surface area contributed by atoms with E-state index in [0.29, 0.717) is 5.92 Å². The van der Waals surface area contributed by atoms with Crippen molar-refractivity contribution in [3.05, 3.63) is 35.4 Å². The highest BCUT2D eigenvalue weighted by Crippen LogP contribution is 2.19. The summed E-state index contributed by atoms with van der Waals surface area (Å²) in [5.41, 5.74) is 2.92. The molecule has 0 fully saturated rings. The van der Waals surface area contributed by atoms with Crippen LogP contribution in [0, 0.1) is 0 Å². The summed E-state index contributed by atoms with van der Waals surface area (Å²) in [7, 11) is 2.01. The minimum Gasteiger partial charge on any atom is -0.320 e. The third-order valence-electron chi connectivity index (χ3n) is 2.76. The van der Waals surface area contributed by atoms with Crippen molar-refractivity contribution in [1.82, 2.24) is 5.32 Å². The van der Waals surface area contributed by atoms with Crippen molar-refractivity contribution in [3.63, 3.8) is 0 Å². The highest BCUT2D eigenvalue weighted by Gasteiger charge is 2.04. The summed E-state index contributed by atoms with van der Waals surface area (Å²) in [5.74, 6) is 0.661. The molecule has 0 aromatic heterocycles. The molecular formula is C13H21N. The first-order chi connectivity index (χ1) is 6.77. The maximum atomic E-state index is 3.20. The lowest BCUT2D eigenvalue weighted by Crippen LogP contribution is -2.10. The zero-order chi connectivity index (χ0) is 10.4. The number of nitrogens with one attached hydrogen (secondary N) is 1. The molecule has 0 aliphatic carbocycles. The van der Waals surface area contributed by atoms with Gasteiger partial charge in [-0.25, -0.2) is 0 Å². The molecule has 0 aliphatic rings. The summed E-state index contributed by atoms with van der Waals surface area (Å²) in [5, 5.41) is 3.20. The third-order valence-corrected chi connectivity index (χ3v) is 2.76. The van der Waals surface area contributed by atoms with Gasteiger partial charge >= 0.3 is 0 Å². The molecule has 1 N–H and O–H groups in total. The number of benzene rings is 1. The van der Waals surface area contributed by atoms with Crippen LogP contribution in [0.3, 0.4) is 0 Å². The van der Waals surface area contributed by atoms with Crippen LogP contribution < -0.4 is 5.32 Å². The van der Waals surface area contributed by atoms with Gasteiger partial charge in [-0.3, -0.25) is 0 Å². The van der Waals surface area contributed by atoms with Crippen LogP contribution in [0.15, 0.2) is 24.3 Å². The first-order valence-electron chi connectivity index (χ1n) is 5.51. The maximum Gasteiger partial charge on any atom is -0.00462 e. The van der Waals surface area contributed by atoms with Crippen LogP contribution in [0.5, 0.6) is 0 Å². The van der Waals surface area contributed by atoms with Crippen LogP contribution in [-0.2, 0) is 6.42 Å². The molecule has 1 unspecified atom stereocenters. The van der Waals surface area contributed by atoms with E-state index in [4.69, 9.17) is 0 Å². The minimum absolute atomic E-state index is 0.661. The second kappa shape index (κ2) is 5.82. The van der Waals surface area contributed by atoms with Crippen molar-refractivity contribution in [2.24, 2.45) is 0 Å². The van der Waals surface area contributed by atoms with E-state index >= 15 is 0 Å². The highest BCUT2D eigenvalue weighted by molar-refractivity contribution is 5.26. The molecule has 14 heavy (non-hydrogen) atoms. The predicted molar refractivity (Wildman–Crippen MR) is 62.8 cm³/mol. The molecule has 0 bridgehead atoms. The van der Waals surface area contributed by atoms with E-state index in [1.807, 2.05) is 7.05 Å². The number of rotatable bonds is 5. The maximum absolute atomic E-state index is 3.20. The molecule has 1 nitrogen and oxygen atoms in total. The van der Waals surface area contributed by atoms with E-state index in [2.05, 4.69) is 43.4 Å². The van der Waals surface area contributed by atoms with Gasteiger partial charge in [0, 0.05) is 0 Å². The fraction of sp³-hybridized carbons (Fsp3) is 0.538. The van der Waals surface area contributed by atoms with Gasteiger partial charge in [0.2, 0.25) is 0 Å². The second-order valence-electron chi connectivity index (χ2n) is 3.89. The van der Waals surface area contributed by atoms with Crippen LogP contribution in [0.4, 0.5) is 0 Å². The van der Waals surface area contributed by atoms with E-state index in [1.54, 1.807) is 0 Å². The summed E-state index contributed by atoms with van der Waals surface area (Å²) in [6.07, 6.45) is 2.34. The van der Waals surface area contributed by atoms with Gasteiger partial charge in [-0.2, -0.15) is 0 Å². The molecular weight excluding hydrogens is 170 g/mol. The Morgan fingerprint density at radius 1 is 1.36 bits per heavy atom. The predicted octanol–water partition coefficient (Wildman–Crippen LogP) is 2.96. The second-order valence-corrected chi connectivity index (χ2v) is 3.89. The Morgan fingerprint density at radius 2 is 2.14 bits per heavy atom. The molecule has 1 aromatic rings. The molecule has 0 aliphatic heterocycles. The Bertz CT molecular complexity index is 268. The molecule has 0 radical (unpaired) electrons. The van der Waals surface area contributed by atoms with Crippen molar-refractivity contribution < 1.29 is 0 Å². The van der Waals surface area contributed by atoms with Crippen molar-refractivity contribution in [1.29, 1.82) is 0 Å². The molecule has 1 heteroatoms. The normalized spacial score (nSPS) is 12.8. The van der Waals surface area contributed by atoms with Crippen molar-refractivity contribution >= 4 is 0 Å². The highest BCUT2D eigenvalue weighted by atomic mass is 14.8. The van der Waals surface area contributed by atoms with Gasteiger partial charge < -0.3 is 5.32 Å². The van der Waals surface area contributed by atoms with Gasteiger partial charge in [-0.15, -0.1) is 0 Å². The zero-order valence-corrected chi connectivity index (χ0v) is 9.51. The quantitative estimate of drug-likeness (QED) is 0.754. The first kappa shape index (κ1) is 11.3. The summed E-state index contributed by atoms with van der Waals surface area (Å²) >= 11 is 0. The fourth-order valence-corrected chi connectivity index (χ4v) is 1.65. The summed E-state index contributed by atoms with van der Waals surface area (Å²) in [6.45, 7) is 5.60. The van der Waals surface area contributed by atoms with E-state index in [0.717, 1.165) is 13.0 Å². The van der Waals surface area contributed by atoms with E-state index in [9.17, 15) is 0 Å². The minimum atomic E-state index is 0.661. The average Bonchev–Trinajstić information content (AvgIpc) is 2.26. The van der Waals surface area contributed by atoms with Crippen LogP contribution in [0.1, 0.15) is 37.3 Å². The monoisotopic (exact) mass is 191 g/mol. The van der Waals surface area contributed by atoms with Crippen molar-refractivity contribution in [3.8, 4) is 0 Å². The summed E-state index contributed by atoms with van der Waals surface area (Å²) < 4.78 is 0. The fourth-order valence-electron chi connectivity index (χ4n) is 1.65. The van der Waals surface area contributed by atoms with Crippen molar-refractivity contribution in [2.45, 2.75) is 32.6 Å². The number of hydrogen-bond acceptors (Lipinski definition) is 1. The van der Waals surface area contributed by atoms with Gasteiger partial charge in [0.15, 0.2) is 0 Å². The molecule has 0 spiro atoms. The van der Waals surface area contributed by atoms with E-state index in [-0.39, 0.29) is 0 Å². The number of aryl methyl sites for hydroxylation is 1. The van der Waals surface area contributed by atoms with Gasteiger partial charge in [-0.05, 0) is 43.5 Å². The number of hydrogen-bond donors (Lipinski definition) is 1. The molecule has 0 saturated heterocycles. The molecule has 0 saturated carbocycles. The van der Waals surface area contributed by atoms with Gasteiger partial charge in [-0.1, -0.05) is 38.1 Å². The molecule has 0 amide bonds. The molecule has 0 heterocycles. The van der Waals surface area contributed by atoms with E-state index < -0.39 is 0 Å². The Labute approximate surface area is 87.5 Å². The van der Waals surface area contributed by atoms with Crippen LogP contribution in [-0.4, -0.2) is 13.6 Å². The lowest BCUT2D eigenvalue weighted by atomic mass is 9.95. The average molecular weight is 191 g/mol. The van der Waals surface area contributed by atoms with Gasteiger partial charge in [0.1, 0.15) is 0 Å².